The third kappa shape index (κ3) is 3.95. The first-order valence-electron chi connectivity index (χ1n) is 6.87. The number of benzene rings is 1. The van der Waals surface area contributed by atoms with Gasteiger partial charge in [-0.1, -0.05) is 22.0 Å². The van der Waals surface area contributed by atoms with E-state index in [1.165, 1.54) is 11.3 Å². The van der Waals surface area contributed by atoms with Crippen LogP contribution < -0.4 is 5.32 Å². The number of hydrogen-bond donors (Lipinski definition) is 1. The summed E-state index contributed by atoms with van der Waals surface area (Å²) in [6, 6.07) is 10.8. The van der Waals surface area contributed by atoms with Gasteiger partial charge in [0.15, 0.2) is 0 Å². The SMILES string of the molecule is O=C(CN1C(=O)S/C(=C/c2cccs2)C1=O)Nc1ccc(Br)cc1. The molecule has 1 saturated heterocycles. The predicted molar refractivity (Wildman–Crippen MR) is 99.8 cm³/mol. The number of rotatable bonds is 4. The van der Waals surface area contributed by atoms with E-state index in [4.69, 9.17) is 0 Å². The minimum absolute atomic E-state index is 0.303. The van der Waals surface area contributed by atoms with Crippen molar-refractivity contribution in [1.82, 2.24) is 4.90 Å². The monoisotopic (exact) mass is 422 g/mol. The second-order valence-corrected chi connectivity index (χ2v) is 7.73. The summed E-state index contributed by atoms with van der Waals surface area (Å²) in [5.74, 6) is -0.860. The zero-order valence-corrected chi connectivity index (χ0v) is 15.4. The van der Waals surface area contributed by atoms with Crippen LogP contribution in [0.3, 0.4) is 0 Å². The van der Waals surface area contributed by atoms with Crippen LogP contribution in [0.4, 0.5) is 10.5 Å². The minimum atomic E-state index is -0.440. The zero-order chi connectivity index (χ0) is 17.1. The second-order valence-electron chi connectivity index (χ2n) is 4.84. The van der Waals surface area contributed by atoms with Crippen molar-refractivity contribution in [2.24, 2.45) is 0 Å². The Morgan fingerprint density at radius 1 is 1.21 bits per heavy atom. The highest BCUT2D eigenvalue weighted by Gasteiger charge is 2.36. The van der Waals surface area contributed by atoms with Crippen molar-refractivity contribution in [2.75, 3.05) is 11.9 Å². The highest BCUT2D eigenvalue weighted by molar-refractivity contribution is 9.10. The molecule has 0 spiro atoms. The van der Waals surface area contributed by atoms with Crippen molar-refractivity contribution < 1.29 is 14.4 Å². The fraction of sp³-hybridized carbons (Fsp3) is 0.0625. The summed E-state index contributed by atoms with van der Waals surface area (Å²) >= 11 is 5.64. The quantitative estimate of drug-likeness (QED) is 0.750. The molecule has 0 unspecified atom stereocenters. The molecule has 3 rings (SSSR count). The lowest BCUT2D eigenvalue weighted by molar-refractivity contribution is -0.127. The lowest BCUT2D eigenvalue weighted by atomic mass is 10.3. The van der Waals surface area contributed by atoms with Crippen molar-refractivity contribution >= 4 is 67.8 Å². The molecule has 5 nitrogen and oxygen atoms in total. The molecule has 24 heavy (non-hydrogen) atoms. The van der Waals surface area contributed by atoms with Crippen LogP contribution in [0.2, 0.25) is 0 Å². The van der Waals surface area contributed by atoms with Crippen LogP contribution in [0, 0.1) is 0 Å². The number of thioether (sulfide) groups is 1. The molecule has 122 valence electrons. The maximum Gasteiger partial charge on any atom is 0.294 e. The Morgan fingerprint density at radius 3 is 2.62 bits per heavy atom. The van der Waals surface area contributed by atoms with Gasteiger partial charge in [-0.2, -0.15) is 0 Å². The van der Waals surface area contributed by atoms with E-state index >= 15 is 0 Å². The van der Waals surface area contributed by atoms with Gasteiger partial charge in [0.1, 0.15) is 6.54 Å². The van der Waals surface area contributed by atoms with E-state index in [1.54, 1.807) is 30.3 Å². The molecule has 0 atom stereocenters. The Labute approximate surface area is 154 Å². The van der Waals surface area contributed by atoms with Crippen LogP contribution in [-0.4, -0.2) is 28.5 Å². The van der Waals surface area contributed by atoms with Gasteiger partial charge < -0.3 is 5.32 Å². The van der Waals surface area contributed by atoms with Gasteiger partial charge >= 0.3 is 0 Å². The van der Waals surface area contributed by atoms with Crippen LogP contribution in [0.5, 0.6) is 0 Å². The van der Waals surface area contributed by atoms with Crippen molar-refractivity contribution in [3.63, 3.8) is 0 Å². The second kappa shape index (κ2) is 7.33. The van der Waals surface area contributed by atoms with Gasteiger partial charge in [0.25, 0.3) is 11.1 Å². The number of amides is 3. The first-order valence-corrected chi connectivity index (χ1v) is 9.36. The summed E-state index contributed by atoms with van der Waals surface area (Å²) < 4.78 is 0.894. The number of imide groups is 1. The molecule has 1 N–H and O–H groups in total. The van der Waals surface area contributed by atoms with Crippen molar-refractivity contribution in [3.8, 4) is 0 Å². The van der Waals surface area contributed by atoms with Crippen LogP contribution in [-0.2, 0) is 9.59 Å². The number of nitrogens with one attached hydrogen (secondary N) is 1. The average Bonchev–Trinajstić information content (AvgIpc) is 3.14. The van der Waals surface area contributed by atoms with Crippen molar-refractivity contribution in [3.05, 3.63) is 56.0 Å². The topological polar surface area (TPSA) is 66.5 Å². The molecule has 8 heteroatoms. The van der Waals surface area contributed by atoms with Crippen molar-refractivity contribution in [1.29, 1.82) is 0 Å². The number of nitrogens with zero attached hydrogens (tertiary/aromatic N) is 1. The summed E-state index contributed by atoms with van der Waals surface area (Å²) in [6.45, 7) is -0.303. The van der Waals surface area contributed by atoms with E-state index in [2.05, 4.69) is 21.2 Å². The molecular formula is C16H11BrN2O3S2. The van der Waals surface area contributed by atoms with Gasteiger partial charge in [-0.3, -0.25) is 19.3 Å². The van der Waals surface area contributed by atoms with Gasteiger partial charge in [-0.05, 0) is 53.5 Å². The summed E-state index contributed by atoms with van der Waals surface area (Å²) in [6.07, 6.45) is 1.67. The smallest absolute Gasteiger partial charge is 0.294 e. The number of thiophene rings is 1. The van der Waals surface area contributed by atoms with Crippen LogP contribution in [0.15, 0.2) is 51.2 Å². The molecule has 0 radical (unpaired) electrons. The third-order valence-electron chi connectivity index (χ3n) is 3.12. The number of hydrogen-bond acceptors (Lipinski definition) is 5. The summed E-state index contributed by atoms with van der Waals surface area (Å²) in [7, 11) is 0. The van der Waals surface area contributed by atoms with Crippen LogP contribution >= 0.6 is 39.0 Å². The molecular weight excluding hydrogens is 412 g/mol. The molecule has 2 aromatic rings. The predicted octanol–water partition coefficient (Wildman–Crippen LogP) is 4.19. The van der Waals surface area contributed by atoms with Gasteiger partial charge in [0.05, 0.1) is 4.91 Å². The molecule has 1 aromatic carbocycles. The molecule has 1 fully saturated rings. The van der Waals surface area contributed by atoms with E-state index in [-0.39, 0.29) is 6.54 Å². The molecule has 1 aliphatic heterocycles. The Bertz CT molecular complexity index is 816. The van der Waals surface area contributed by atoms with E-state index in [0.717, 1.165) is 26.0 Å². The lowest BCUT2D eigenvalue weighted by Gasteiger charge is -2.12. The molecule has 2 heterocycles. The average molecular weight is 423 g/mol. The third-order valence-corrected chi connectivity index (χ3v) is 5.38. The van der Waals surface area contributed by atoms with Gasteiger partial charge in [-0.25, -0.2) is 0 Å². The fourth-order valence-electron chi connectivity index (χ4n) is 2.02. The molecule has 3 amide bonds. The maximum absolute atomic E-state index is 12.3. The highest BCUT2D eigenvalue weighted by Crippen LogP contribution is 2.32. The van der Waals surface area contributed by atoms with E-state index < -0.39 is 17.1 Å². The first kappa shape index (κ1) is 16.9. The zero-order valence-electron chi connectivity index (χ0n) is 12.2. The van der Waals surface area contributed by atoms with Crippen LogP contribution in [0.1, 0.15) is 4.88 Å². The number of halogens is 1. The Kier molecular flexibility index (Phi) is 5.17. The summed E-state index contributed by atoms with van der Waals surface area (Å²) in [5.41, 5.74) is 0.601. The Morgan fingerprint density at radius 2 is 1.96 bits per heavy atom. The van der Waals surface area contributed by atoms with Crippen LogP contribution in [0.25, 0.3) is 6.08 Å². The van der Waals surface area contributed by atoms with Crippen molar-refractivity contribution in [2.45, 2.75) is 0 Å². The molecule has 0 aliphatic carbocycles. The number of carbonyl (C=O) groups is 3. The largest absolute Gasteiger partial charge is 0.325 e. The summed E-state index contributed by atoms with van der Waals surface area (Å²) in [4.78, 5) is 38.6. The van der Waals surface area contributed by atoms with Gasteiger partial charge in [0.2, 0.25) is 5.91 Å². The standard InChI is InChI=1S/C16H11BrN2O3S2/c17-10-3-5-11(6-4-10)18-14(20)9-19-15(21)13(24-16(19)22)8-12-2-1-7-23-12/h1-8H,9H2,(H,18,20)/b13-8+. The Hall–Kier alpha value is -1.90. The number of carbonyl (C=O) groups excluding carboxylic acids is 3. The maximum atomic E-state index is 12.3. The fourth-order valence-corrected chi connectivity index (χ4v) is 3.84. The summed E-state index contributed by atoms with van der Waals surface area (Å²) in [5, 5.41) is 4.12. The first-order chi connectivity index (χ1) is 11.5. The Balaban J connectivity index is 1.66. The molecule has 0 saturated carbocycles. The van der Waals surface area contributed by atoms with E-state index in [1.807, 2.05) is 17.5 Å². The van der Waals surface area contributed by atoms with Gasteiger partial charge in [-0.15, -0.1) is 11.3 Å². The normalized spacial score (nSPS) is 16.0. The lowest BCUT2D eigenvalue weighted by Crippen LogP contribution is -2.36. The molecule has 1 aliphatic rings. The van der Waals surface area contributed by atoms with E-state index in [0.29, 0.717) is 10.6 Å². The number of anilines is 1. The van der Waals surface area contributed by atoms with Gasteiger partial charge in [0, 0.05) is 15.0 Å². The van der Waals surface area contributed by atoms with E-state index in [9.17, 15) is 14.4 Å². The highest BCUT2D eigenvalue weighted by atomic mass is 79.9. The molecule has 1 aromatic heterocycles. The molecule has 0 bridgehead atoms. The minimum Gasteiger partial charge on any atom is -0.325 e.